The number of carboxylic acid groups (broad SMARTS) is 1. The molecule has 1 fully saturated rings. The zero-order valence-electron chi connectivity index (χ0n) is 10.9. The normalized spacial score (nSPS) is 21.0. The highest BCUT2D eigenvalue weighted by atomic mass is 79.9. The average molecular weight is 378 g/mol. The van der Waals surface area contributed by atoms with Crippen LogP contribution in [-0.4, -0.2) is 35.9 Å². The summed E-state index contributed by atoms with van der Waals surface area (Å²) in [5, 5.41) is 14.7. The number of carbonyl (C=O) groups is 2. The lowest BCUT2D eigenvalue weighted by Crippen LogP contribution is -2.35. The highest BCUT2D eigenvalue weighted by Crippen LogP contribution is 2.25. The smallest absolute Gasteiger partial charge is 0.332 e. The number of hydrogen-bond donors (Lipinski definition) is 3. The van der Waals surface area contributed by atoms with Crippen molar-refractivity contribution in [3.05, 3.63) is 27.7 Å². The number of carbonyl (C=O) groups excluding carboxylic acids is 1. The molecule has 1 heterocycles. The molecule has 0 aromatic heterocycles. The van der Waals surface area contributed by atoms with E-state index in [0.29, 0.717) is 28.0 Å². The van der Waals surface area contributed by atoms with Gasteiger partial charge in [0.25, 0.3) is 0 Å². The number of carboxylic acids is 1. The van der Waals surface area contributed by atoms with Crippen molar-refractivity contribution in [2.75, 3.05) is 11.9 Å². The Morgan fingerprint density at radius 2 is 2.19 bits per heavy atom. The van der Waals surface area contributed by atoms with Crippen LogP contribution >= 0.6 is 27.5 Å². The molecule has 6 nitrogen and oxygen atoms in total. The molecule has 0 spiro atoms. The molecular weight excluding hydrogens is 364 g/mol. The van der Waals surface area contributed by atoms with Crippen LogP contribution < -0.4 is 10.6 Å². The Morgan fingerprint density at radius 1 is 1.43 bits per heavy atom. The molecule has 1 saturated heterocycles. The number of benzene rings is 1. The van der Waals surface area contributed by atoms with Gasteiger partial charge >= 0.3 is 12.0 Å². The van der Waals surface area contributed by atoms with Gasteiger partial charge in [-0.3, -0.25) is 0 Å². The lowest BCUT2D eigenvalue weighted by atomic mass is 10.2. The second-order valence-corrected chi connectivity index (χ2v) is 5.89. The molecule has 0 radical (unpaired) electrons. The lowest BCUT2D eigenvalue weighted by molar-refractivity contribution is -0.149. The van der Waals surface area contributed by atoms with Gasteiger partial charge in [-0.15, -0.1) is 0 Å². The van der Waals surface area contributed by atoms with Gasteiger partial charge in [0.1, 0.15) is 0 Å². The Morgan fingerprint density at radius 3 is 2.81 bits per heavy atom. The van der Waals surface area contributed by atoms with Gasteiger partial charge in [-0.2, -0.15) is 0 Å². The van der Waals surface area contributed by atoms with Gasteiger partial charge in [-0.25, -0.2) is 9.59 Å². The van der Waals surface area contributed by atoms with Crippen molar-refractivity contribution in [1.82, 2.24) is 5.32 Å². The highest BCUT2D eigenvalue weighted by Gasteiger charge is 2.30. The van der Waals surface area contributed by atoms with E-state index in [1.807, 2.05) is 0 Å². The third-order valence-corrected chi connectivity index (χ3v) is 4.26. The molecular formula is C13H14BrClN2O4. The second kappa shape index (κ2) is 7.11. The predicted molar refractivity (Wildman–Crippen MR) is 81.7 cm³/mol. The van der Waals surface area contributed by atoms with E-state index in [9.17, 15) is 9.59 Å². The number of halogens is 2. The fourth-order valence-corrected chi connectivity index (χ4v) is 2.49. The quantitative estimate of drug-likeness (QED) is 0.753. The molecule has 8 heteroatoms. The first-order chi connectivity index (χ1) is 9.95. The average Bonchev–Trinajstić information content (AvgIpc) is 2.90. The summed E-state index contributed by atoms with van der Waals surface area (Å²) in [6.45, 7) is 0.268. The van der Waals surface area contributed by atoms with Crippen LogP contribution in [0, 0.1) is 0 Å². The number of ether oxygens (including phenoxy) is 1. The van der Waals surface area contributed by atoms with Crippen molar-refractivity contribution >= 4 is 45.2 Å². The van der Waals surface area contributed by atoms with E-state index >= 15 is 0 Å². The van der Waals surface area contributed by atoms with Crippen molar-refractivity contribution in [2.24, 2.45) is 0 Å². The third kappa shape index (κ3) is 4.59. The number of hydrogen-bond acceptors (Lipinski definition) is 3. The molecule has 2 amide bonds. The summed E-state index contributed by atoms with van der Waals surface area (Å²) in [5.41, 5.74) is 0.597. The van der Waals surface area contributed by atoms with Crippen molar-refractivity contribution < 1.29 is 19.4 Å². The van der Waals surface area contributed by atoms with Crippen molar-refractivity contribution in [3.8, 4) is 0 Å². The Hall–Kier alpha value is -1.31. The summed E-state index contributed by atoms with van der Waals surface area (Å²) >= 11 is 9.13. The zero-order valence-corrected chi connectivity index (χ0v) is 13.3. The standard InChI is InChI=1S/C13H14BrClN2O4/c14-9-5-7(1-3-10(9)15)17-13(20)16-6-8-2-4-11(21-8)12(18)19/h1,3,5,8,11H,2,4,6H2,(H,18,19)(H2,16,17,20). The Bertz CT molecular complexity index is 555. The number of aliphatic carboxylic acids is 1. The van der Waals surface area contributed by atoms with Crippen LogP contribution in [0.5, 0.6) is 0 Å². The molecule has 1 aliphatic heterocycles. The maximum Gasteiger partial charge on any atom is 0.332 e. The van der Waals surface area contributed by atoms with Gasteiger partial charge in [0, 0.05) is 16.7 Å². The van der Waals surface area contributed by atoms with Gasteiger partial charge < -0.3 is 20.5 Å². The lowest BCUT2D eigenvalue weighted by Gasteiger charge is -2.13. The van der Waals surface area contributed by atoms with E-state index < -0.39 is 12.1 Å². The topological polar surface area (TPSA) is 87.7 Å². The predicted octanol–water partition coefficient (Wildman–Crippen LogP) is 2.86. The second-order valence-electron chi connectivity index (χ2n) is 4.63. The van der Waals surface area contributed by atoms with Crippen LogP contribution in [0.4, 0.5) is 10.5 Å². The summed E-state index contributed by atoms with van der Waals surface area (Å²) in [4.78, 5) is 22.5. The molecule has 114 valence electrons. The minimum atomic E-state index is -0.965. The molecule has 0 bridgehead atoms. The maximum absolute atomic E-state index is 11.7. The van der Waals surface area contributed by atoms with E-state index in [0.717, 1.165) is 0 Å². The number of rotatable bonds is 4. The van der Waals surface area contributed by atoms with E-state index in [1.54, 1.807) is 18.2 Å². The number of urea groups is 1. The van der Waals surface area contributed by atoms with Crippen LogP contribution in [0.3, 0.4) is 0 Å². The largest absolute Gasteiger partial charge is 0.479 e. The Labute approximate surface area is 134 Å². The third-order valence-electron chi connectivity index (χ3n) is 3.05. The fourth-order valence-electron chi connectivity index (χ4n) is 1.99. The molecule has 1 aromatic carbocycles. The Balaban J connectivity index is 1.77. The van der Waals surface area contributed by atoms with Crippen LogP contribution in [0.25, 0.3) is 0 Å². The number of anilines is 1. The van der Waals surface area contributed by atoms with E-state index in [-0.39, 0.29) is 18.7 Å². The number of nitrogens with one attached hydrogen (secondary N) is 2. The summed E-state index contributed by atoms with van der Waals surface area (Å²) in [7, 11) is 0. The highest BCUT2D eigenvalue weighted by molar-refractivity contribution is 9.10. The Kier molecular flexibility index (Phi) is 5.44. The molecule has 0 aliphatic carbocycles. The van der Waals surface area contributed by atoms with Crippen molar-refractivity contribution in [3.63, 3.8) is 0 Å². The van der Waals surface area contributed by atoms with Crippen LogP contribution in [-0.2, 0) is 9.53 Å². The van der Waals surface area contributed by atoms with Crippen molar-refractivity contribution in [2.45, 2.75) is 25.0 Å². The molecule has 2 atom stereocenters. The fraction of sp³-hybridized carbons (Fsp3) is 0.385. The minimum absolute atomic E-state index is 0.268. The summed E-state index contributed by atoms with van der Waals surface area (Å²) < 4.78 is 5.98. The molecule has 1 aromatic rings. The monoisotopic (exact) mass is 376 g/mol. The molecule has 1 aliphatic rings. The van der Waals surface area contributed by atoms with Gasteiger partial charge in [0.15, 0.2) is 6.10 Å². The van der Waals surface area contributed by atoms with Crippen LogP contribution in [0.2, 0.25) is 5.02 Å². The first-order valence-corrected chi connectivity index (χ1v) is 7.51. The molecule has 2 unspecified atom stereocenters. The molecule has 0 saturated carbocycles. The molecule has 3 N–H and O–H groups in total. The van der Waals surface area contributed by atoms with Gasteiger partial charge in [0.2, 0.25) is 0 Å². The van der Waals surface area contributed by atoms with Crippen LogP contribution in [0.15, 0.2) is 22.7 Å². The first kappa shape index (κ1) is 16.1. The van der Waals surface area contributed by atoms with E-state index in [4.69, 9.17) is 21.4 Å². The minimum Gasteiger partial charge on any atom is -0.479 e. The van der Waals surface area contributed by atoms with E-state index in [2.05, 4.69) is 26.6 Å². The van der Waals surface area contributed by atoms with Crippen LogP contribution in [0.1, 0.15) is 12.8 Å². The molecule has 21 heavy (non-hydrogen) atoms. The zero-order chi connectivity index (χ0) is 15.4. The SMILES string of the molecule is O=C(NCC1CCC(C(=O)O)O1)Nc1ccc(Cl)c(Br)c1. The first-order valence-electron chi connectivity index (χ1n) is 6.34. The summed E-state index contributed by atoms with van der Waals surface area (Å²) in [6.07, 6.45) is 0.0397. The van der Waals surface area contributed by atoms with Gasteiger partial charge in [-0.1, -0.05) is 11.6 Å². The maximum atomic E-state index is 11.7. The van der Waals surface area contributed by atoms with Crippen molar-refractivity contribution in [1.29, 1.82) is 0 Å². The molecule has 2 rings (SSSR count). The summed E-state index contributed by atoms with van der Waals surface area (Å²) in [6, 6.07) is 4.65. The van der Waals surface area contributed by atoms with Gasteiger partial charge in [0.05, 0.1) is 11.1 Å². The summed E-state index contributed by atoms with van der Waals surface area (Å²) in [5.74, 6) is -0.965. The van der Waals surface area contributed by atoms with Gasteiger partial charge in [-0.05, 0) is 47.0 Å². The number of amides is 2. The van der Waals surface area contributed by atoms with E-state index in [1.165, 1.54) is 0 Å².